The molecule has 2 heteroatoms. The average molecular weight is 183 g/mol. The molecule has 0 spiro atoms. The van der Waals surface area contributed by atoms with Crippen molar-refractivity contribution in [3.05, 3.63) is 0 Å². The van der Waals surface area contributed by atoms with E-state index in [2.05, 4.69) is 27.7 Å². The Kier molecular flexibility index (Phi) is 2.69. The molecular weight excluding hydrogens is 162 g/mol. The van der Waals surface area contributed by atoms with Crippen LogP contribution in [0.2, 0.25) is 0 Å². The molecule has 2 nitrogen and oxygen atoms in total. The summed E-state index contributed by atoms with van der Waals surface area (Å²) in [5, 5.41) is 0. The topological polar surface area (TPSA) is 20.3 Å². The van der Waals surface area contributed by atoms with Crippen molar-refractivity contribution >= 4 is 5.91 Å². The summed E-state index contributed by atoms with van der Waals surface area (Å²) in [4.78, 5) is 13.0. The van der Waals surface area contributed by atoms with Crippen LogP contribution in [0.5, 0.6) is 0 Å². The molecule has 76 valence electrons. The van der Waals surface area contributed by atoms with Gasteiger partial charge in [-0.05, 0) is 11.8 Å². The van der Waals surface area contributed by atoms with Gasteiger partial charge >= 0.3 is 0 Å². The van der Waals surface area contributed by atoms with Crippen LogP contribution in [-0.2, 0) is 4.79 Å². The first-order valence-electron chi connectivity index (χ1n) is 5.15. The van der Waals surface area contributed by atoms with Crippen LogP contribution in [0.25, 0.3) is 0 Å². The summed E-state index contributed by atoms with van der Waals surface area (Å²) in [7, 11) is 0. The Morgan fingerprint density at radius 1 is 1.15 bits per heavy atom. The van der Waals surface area contributed by atoms with Gasteiger partial charge in [0.25, 0.3) is 0 Å². The smallest absolute Gasteiger partial charge is 0.219 e. The average Bonchev–Trinajstić information content (AvgIpc) is 1.80. The van der Waals surface area contributed by atoms with Crippen LogP contribution in [0.15, 0.2) is 0 Å². The minimum absolute atomic E-state index is 0.219. The van der Waals surface area contributed by atoms with E-state index in [0.717, 1.165) is 13.1 Å². The molecule has 1 aliphatic heterocycles. The van der Waals surface area contributed by atoms with Gasteiger partial charge in [0.15, 0.2) is 0 Å². The van der Waals surface area contributed by atoms with Gasteiger partial charge in [-0.15, -0.1) is 0 Å². The summed E-state index contributed by atoms with van der Waals surface area (Å²) < 4.78 is 0. The van der Waals surface area contributed by atoms with Crippen molar-refractivity contribution in [3.63, 3.8) is 0 Å². The number of hydrogen-bond acceptors (Lipinski definition) is 1. The third-order valence-corrected chi connectivity index (χ3v) is 3.72. The number of likely N-dealkylation sites (tertiary alicyclic amines) is 1. The van der Waals surface area contributed by atoms with Gasteiger partial charge in [0.1, 0.15) is 0 Å². The number of hydrogen-bond donors (Lipinski definition) is 0. The zero-order chi connectivity index (χ0) is 10.2. The van der Waals surface area contributed by atoms with Crippen molar-refractivity contribution in [2.45, 2.75) is 34.6 Å². The van der Waals surface area contributed by atoms with Crippen LogP contribution in [0.3, 0.4) is 0 Å². The SMILES string of the molecule is CC(=O)N1CC(C(C)C)(C(C)C)C1. The highest BCUT2D eigenvalue weighted by molar-refractivity contribution is 5.74. The molecule has 0 atom stereocenters. The minimum Gasteiger partial charge on any atom is -0.342 e. The van der Waals surface area contributed by atoms with Gasteiger partial charge in [-0.3, -0.25) is 4.79 Å². The third-order valence-electron chi connectivity index (χ3n) is 3.72. The molecule has 0 bridgehead atoms. The maximum Gasteiger partial charge on any atom is 0.219 e. The van der Waals surface area contributed by atoms with E-state index in [9.17, 15) is 4.79 Å². The molecule has 0 saturated carbocycles. The van der Waals surface area contributed by atoms with Crippen molar-refractivity contribution in [2.24, 2.45) is 17.3 Å². The molecule has 1 rings (SSSR count). The maximum atomic E-state index is 11.1. The Bertz CT molecular complexity index is 192. The lowest BCUT2D eigenvalue weighted by atomic mass is 9.63. The Hall–Kier alpha value is -0.530. The quantitative estimate of drug-likeness (QED) is 0.642. The molecule has 1 heterocycles. The van der Waals surface area contributed by atoms with Crippen LogP contribution in [0.4, 0.5) is 0 Å². The van der Waals surface area contributed by atoms with Crippen LogP contribution in [-0.4, -0.2) is 23.9 Å². The van der Waals surface area contributed by atoms with Gasteiger partial charge in [0, 0.05) is 25.4 Å². The summed E-state index contributed by atoms with van der Waals surface area (Å²) in [6.07, 6.45) is 0. The fraction of sp³-hybridized carbons (Fsp3) is 0.909. The highest BCUT2D eigenvalue weighted by atomic mass is 16.2. The van der Waals surface area contributed by atoms with Crippen LogP contribution >= 0.6 is 0 Å². The van der Waals surface area contributed by atoms with E-state index in [1.54, 1.807) is 6.92 Å². The summed E-state index contributed by atoms with van der Waals surface area (Å²) >= 11 is 0. The van der Waals surface area contributed by atoms with E-state index in [1.807, 2.05) is 4.90 Å². The van der Waals surface area contributed by atoms with Crippen molar-refractivity contribution in [1.82, 2.24) is 4.90 Å². The van der Waals surface area contributed by atoms with E-state index >= 15 is 0 Å². The summed E-state index contributed by atoms with van der Waals surface area (Å²) in [5.41, 5.74) is 0.381. The standard InChI is InChI=1S/C11H21NO/c1-8(2)11(9(3)4)6-12(7-11)10(5)13/h8-9H,6-7H2,1-5H3. The normalized spacial score (nSPS) is 20.7. The molecule has 0 radical (unpaired) electrons. The van der Waals surface area contributed by atoms with E-state index in [0.29, 0.717) is 17.3 Å². The zero-order valence-electron chi connectivity index (χ0n) is 9.42. The van der Waals surface area contributed by atoms with Gasteiger partial charge in [-0.25, -0.2) is 0 Å². The fourth-order valence-electron chi connectivity index (χ4n) is 2.28. The van der Waals surface area contributed by atoms with E-state index in [4.69, 9.17) is 0 Å². The number of carbonyl (C=O) groups is 1. The molecule has 0 aromatic carbocycles. The minimum atomic E-state index is 0.219. The lowest BCUT2D eigenvalue weighted by Crippen LogP contribution is -2.62. The van der Waals surface area contributed by atoms with Crippen LogP contribution in [0, 0.1) is 17.3 Å². The molecule has 1 saturated heterocycles. The molecule has 0 aliphatic carbocycles. The molecule has 1 aliphatic rings. The van der Waals surface area contributed by atoms with Crippen molar-refractivity contribution in [2.75, 3.05) is 13.1 Å². The van der Waals surface area contributed by atoms with E-state index in [1.165, 1.54) is 0 Å². The molecule has 1 amide bonds. The number of amides is 1. The Morgan fingerprint density at radius 2 is 1.54 bits per heavy atom. The Labute approximate surface area is 81.3 Å². The van der Waals surface area contributed by atoms with Crippen molar-refractivity contribution < 1.29 is 4.79 Å². The largest absolute Gasteiger partial charge is 0.342 e. The van der Waals surface area contributed by atoms with Crippen LogP contribution in [0.1, 0.15) is 34.6 Å². The second-order valence-electron chi connectivity index (χ2n) is 4.92. The molecule has 0 aromatic heterocycles. The van der Waals surface area contributed by atoms with Gasteiger partial charge in [0.05, 0.1) is 0 Å². The molecule has 0 unspecified atom stereocenters. The predicted octanol–water partition coefficient (Wildman–Crippen LogP) is 2.15. The van der Waals surface area contributed by atoms with Gasteiger partial charge in [-0.1, -0.05) is 27.7 Å². The highest BCUT2D eigenvalue weighted by Crippen LogP contribution is 2.44. The number of nitrogens with zero attached hydrogens (tertiary/aromatic N) is 1. The fourth-order valence-corrected chi connectivity index (χ4v) is 2.28. The molecule has 0 aromatic rings. The van der Waals surface area contributed by atoms with Gasteiger partial charge < -0.3 is 4.90 Å². The van der Waals surface area contributed by atoms with E-state index in [-0.39, 0.29) is 5.91 Å². The first-order valence-corrected chi connectivity index (χ1v) is 5.15. The first kappa shape index (κ1) is 10.6. The number of rotatable bonds is 2. The molecular formula is C11H21NO. The summed E-state index contributed by atoms with van der Waals surface area (Å²) in [6.45, 7) is 12.6. The molecule has 13 heavy (non-hydrogen) atoms. The van der Waals surface area contributed by atoms with Gasteiger partial charge in [-0.2, -0.15) is 0 Å². The lowest BCUT2D eigenvalue weighted by molar-refractivity contribution is -0.148. The Morgan fingerprint density at radius 3 is 1.77 bits per heavy atom. The van der Waals surface area contributed by atoms with E-state index < -0.39 is 0 Å². The van der Waals surface area contributed by atoms with Crippen molar-refractivity contribution in [3.8, 4) is 0 Å². The lowest BCUT2D eigenvalue weighted by Gasteiger charge is -2.55. The maximum absolute atomic E-state index is 11.1. The number of carbonyl (C=O) groups excluding carboxylic acids is 1. The predicted molar refractivity (Wildman–Crippen MR) is 54.4 cm³/mol. The summed E-state index contributed by atoms with van der Waals surface area (Å²) in [6, 6.07) is 0. The van der Waals surface area contributed by atoms with Crippen molar-refractivity contribution in [1.29, 1.82) is 0 Å². The molecule has 0 N–H and O–H groups in total. The molecule has 1 fully saturated rings. The second kappa shape index (κ2) is 3.32. The van der Waals surface area contributed by atoms with Crippen LogP contribution < -0.4 is 0 Å². The second-order valence-corrected chi connectivity index (χ2v) is 4.92. The first-order chi connectivity index (χ1) is 5.90. The Balaban J connectivity index is 2.63. The summed E-state index contributed by atoms with van der Waals surface area (Å²) in [5.74, 6) is 1.56. The zero-order valence-corrected chi connectivity index (χ0v) is 9.42. The van der Waals surface area contributed by atoms with Gasteiger partial charge in [0.2, 0.25) is 5.91 Å². The monoisotopic (exact) mass is 183 g/mol. The highest BCUT2D eigenvalue weighted by Gasteiger charge is 2.48. The third kappa shape index (κ3) is 1.59.